The van der Waals surface area contributed by atoms with Gasteiger partial charge in [0.05, 0.1) is 17.2 Å². The molecule has 1 spiro atoms. The van der Waals surface area contributed by atoms with Gasteiger partial charge in [0.1, 0.15) is 5.66 Å². The Hall–Kier alpha value is -2.89. The predicted molar refractivity (Wildman–Crippen MR) is 92.1 cm³/mol. The molecule has 25 heavy (non-hydrogen) atoms. The first-order valence-electron chi connectivity index (χ1n) is 8.60. The van der Waals surface area contributed by atoms with Gasteiger partial charge in [-0.2, -0.15) is 0 Å². The van der Waals surface area contributed by atoms with Gasteiger partial charge in [0.2, 0.25) is 0 Å². The minimum absolute atomic E-state index is 0.00705. The van der Waals surface area contributed by atoms with Gasteiger partial charge >= 0.3 is 0 Å². The highest BCUT2D eigenvalue weighted by Gasteiger charge is 2.59. The Balaban J connectivity index is 1.50. The second kappa shape index (κ2) is 5.05. The summed E-state index contributed by atoms with van der Waals surface area (Å²) in [6, 6.07) is 11.2. The lowest BCUT2D eigenvalue weighted by Gasteiger charge is -2.43. The van der Waals surface area contributed by atoms with Crippen molar-refractivity contribution in [1.29, 1.82) is 0 Å². The number of benzene rings is 1. The van der Waals surface area contributed by atoms with E-state index in [1.54, 1.807) is 24.5 Å². The fourth-order valence-corrected chi connectivity index (χ4v) is 4.62. The van der Waals surface area contributed by atoms with E-state index in [0.29, 0.717) is 11.1 Å². The zero-order valence-electron chi connectivity index (χ0n) is 13.6. The number of carbonyl (C=O) groups is 2. The van der Waals surface area contributed by atoms with Crippen molar-refractivity contribution in [3.63, 3.8) is 0 Å². The van der Waals surface area contributed by atoms with E-state index in [4.69, 9.17) is 0 Å². The molecule has 6 nitrogen and oxygen atoms in total. The van der Waals surface area contributed by atoms with Crippen LogP contribution in [-0.4, -0.2) is 39.4 Å². The Morgan fingerprint density at radius 2 is 2.04 bits per heavy atom. The SMILES string of the molecule is O=C1N[C@@]2(C[C@H]3CC[C@H]2N3C(=O)c2cccnc2)Nc2ccccc21. The molecule has 1 aromatic heterocycles. The Labute approximate surface area is 145 Å². The van der Waals surface area contributed by atoms with Crippen LogP contribution in [0, 0.1) is 0 Å². The summed E-state index contributed by atoms with van der Waals surface area (Å²) in [6.07, 6.45) is 5.85. The molecule has 2 fully saturated rings. The number of para-hydroxylation sites is 1. The first-order chi connectivity index (χ1) is 12.2. The molecule has 1 aromatic carbocycles. The number of amides is 2. The summed E-state index contributed by atoms with van der Waals surface area (Å²) in [7, 11) is 0. The molecular weight excluding hydrogens is 316 g/mol. The maximum Gasteiger partial charge on any atom is 0.256 e. The summed E-state index contributed by atoms with van der Waals surface area (Å²) in [6.45, 7) is 0. The van der Waals surface area contributed by atoms with E-state index in [-0.39, 0.29) is 23.9 Å². The van der Waals surface area contributed by atoms with Crippen molar-refractivity contribution in [2.45, 2.75) is 37.0 Å². The number of hydrogen-bond donors (Lipinski definition) is 2. The average molecular weight is 334 g/mol. The second-order valence-corrected chi connectivity index (χ2v) is 7.00. The third kappa shape index (κ3) is 2.00. The molecule has 2 N–H and O–H groups in total. The normalized spacial score (nSPS) is 29.3. The number of hydrogen-bond acceptors (Lipinski definition) is 4. The van der Waals surface area contributed by atoms with Gasteiger partial charge in [-0.1, -0.05) is 12.1 Å². The lowest BCUT2D eigenvalue weighted by Crippen LogP contribution is -2.64. The summed E-state index contributed by atoms with van der Waals surface area (Å²) >= 11 is 0. The van der Waals surface area contributed by atoms with Crippen molar-refractivity contribution < 1.29 is 9.59 Å². The predicted octanol–water partition coefficient (Wildman–Crippen LogP) is 2.01. The molecule has 2 aromatic rings. The molecule has 0 radical (unpaired) electrons. The molecular formula is C19H18N4O2. The van der Waals surface area contributed by atoms with Crippen LogP contribution in [0.2, 0.25) is 0 Å². The Bertz CT molecular complexity index is 869. The summed E-state index contributed by atoms with van der Waals surface area (Å²) in [5.74, 6) is -0.0805. The molecule has 6 heteroatoms. The molecule has 2 bridgehead atoms. The van der Waals surface area contributed by atoms with E-state index in [2.05, 4.69) is 15.6 Å². The summed E-state index contributed by atoms with van der Waals surface area (Å²) < 4.78 is 0. The molecule has 0 unspecified atom stereocenters. The van der Waals surface area contributed by atoms with E-state index in [9.17, 15) is 9.59 Å². The molecule has 5 rings (SSSR count). The van der Waals surface area contributed by atoms with E-state index in [1.807, 2.05) is 29.2 Å². The van der Waals surface area contributed by atoms with Crippen molar-refractivity contribution in [2.24, 2.45) is 0 Å². The number of rotatable bonds is 1. The molecule has 126 valence electrons. The van der Waals surface area contributed by atoms with Gasteiger partial charge in [0.25, 0.3) is 11.8 Å². The second-order valence-electron chi connectivity index (χ2n) is 7.00. The highest BCUT2D eigenvalue weighted by molar-refractivity contribution is 6.02. The number of carbonyl (C=O) groups excluding carboxylic acids is 2. The van der Waals surface area contributed by atoms with Crippen LogP contribution in [0.15, 0.2) is 48.8 Å². The summed E-state index contributed by atoms with van der Waals surface area (Å²) in [5, 5.41) is 6.69. The van der Waals surface area contributed by atoms with Crippen LogP contribution in [0.1, 0.15) is 40.0 Å². The van der Waals surface area contributed by atoms with Crippen LogP contribution in [0.3, 0.4) is 0 Å². The fraction of sp³-hybridized carbons (Fsp3) is 0.316. The van der Waals surface area contributed by atoms with Crippen molar-refractivity contribution in [1.82, 2.24) is 15.2 Å². The fourth-order valence-electron chi connectivity index (χ4n) is 4.62. The maximum atomic E-state index is 13.0. The first kappa shape index (κ1) is 14.5. The van der Waals surface area contributed by atoms with Crippen LogP contribution in [-0.2, 0) is 0 Å². The van der Waals surface area contributed by atoms with Gasteiger partial charge in [0.15, 0.2) is 0 Å². The van der Waals surface area contributed by atoms with Gasteiger partial charge in [-0.05, 0) is 37.1 Å². The number of anilines is 1. The Morgan fingerprint density at radius 3 is 2.88 bits per heavy atom. The number of pyridine rings is 1. The third-order valence-corrected chi connectivity index (χ3v) is 5.64. The van der Waals surface area contributed by atoms with Gasteiger partial charge in [0, 0.05) is 30.5 Å². The Kier molecular flexibility index (Phi) is 2.92. The number of aromatic nitrogens is 1. The van der Waals surface area contributed by atoms with E-state index in [0.717, 1.165) is 24.9 Å². The zero-order valence-corrected chi connectivity index (χ0v) is 13.6. The smallest absolute Gasteiger partial charge is 0.256 e. The van der Waals surface area contributed by atoms with Crippen LogP contribution in [0.25, 0.3) is 0 Å². The highest BCUT2D eigenvalue weighted by atomic mass is 16.2. The van der Waals surface area contributed by atoms with Crippen molar-refractivity contribution in [3.05, 3.63) is 59.9 Å². The molecule has 2 amide bonds. The number of nitrogens with one attached hydrogen (secondary N) is 2. The minimum Gasteiger partial charge on any atom is -0.360 e. The number of nitrogens with zero attached hydrogens (tertiary/aromatic N) is 2. The first-order valence-corrected chi connectivity index (χ1v) is 8.60. The summed E-state index contributed by atoms with van der Waals surface area (Å²) in [4.78, 5) is 31.6. The highest BCUT2D eigenvalue weighted by Crippen LogP contribution is 2.46. The zero-order chi connectivity index (χ0) is 17.0. The lowest BCUT2D eigenvalue weighted by atomic mass is 9.86. The van der Waals surface area contributed by atoms with Gasteiger partial charge in [-0.25, -0.2) is 0 Å². The minimum atomic E-state index is -0.577. The van der Waals surface area contributed by atoms with Crippen LogP contribution < -0.4 is 10.6 Å². The lowest BCUT2D eigenvalue weighted by molar-refractivity contribution is 0.0691. The molecule has 0 aliphatic carbocycles. The van der Waals surface area contributed by atoms with E-state index < -0.39 is 5.66 Å². The van der Waals surface area contributed by atoms with Gasteiger partial charge < -0.3 is 15.5 Å². The molecule has 4 heterocycles. The maximum absolute atomic E-state index is 13.0. The largest absolute Gasteiger partial charge is 0.360 e. The van der Waals surface area contributed by atoms with Crippen LogP contribution >= 0.6 is 0 Å². The molecule has 3 atom stereocenters. The molecule has 2 saturated heterocycles. The molecule has 0 saturated carbocycles. The third-order valence-electron chi connectivity index (χ3n) is 5.64. The van der Waals surface area contributed by atoms with Crippen molar-refractivity contribution >= 4 is 17.5 Å². The van der Waals surface area contributed by atoms with E-state index >= 15 is 0 Å². The number of fused-ring (bicyclic) bond motifs is 4. The standard InChI is InChI=1S/C19H18N4O2/c24-17-14-5-1-2-6-15(14)21-19(22-17)10-13-7-8-16(19)23(13)18(25)12-4-3-9-20-11-12/h1-6,9,11,13,16,21H,7-8,10H2,(H,22,24)/t13-,16-,19-/m1/s1. The van der Waals surface area contributed by atoms with Crippen LogP contribution in [0.4, 0.5) is 5.69 Å². The molecule has 3 aliphatic rings. The monoisotopic (exact) mass is 334 g/mol. The molecule has 3 aliphatic heterocycles. The van der Waals surface area contributed by atoms with Gasteiger partial charge in [-0.15, -0.1) is 0 Å². The van der Waals surface area contributed by atoms with Crippen LogP contribution in [0.5, 0.6) is 0 Å². The van der Waals surface area contributed by atoms with Gasteiger partial charge in [-0.3, -0.25) is 14.6 Å². The van der Waals surface area contributed by atoms with Crippen molar-refractivity contribution in [2.75, 3.05) is 5.32 Å². The van der Waals surface area contributed by atoms with E-state index in [1.165, 1.54) is 0 Å². The van der Waals surface area contributed by atoms with Crippen molar-refractivity contribution in [3.8, 4) is 0 Å². The Morgan fingerprint density at radius 1 is 1.16 bits per heavy atom. The average Bonchev–Trinajstić information content (AvgIpc) is 3.17. The summed E-state index contributed by atoms with van der Waals surface area (Å²) in [5.41, 5.74) is 1.51. The quantitative estimate of drug-likeness (QED) is 0.837. The topological polar surface area (TPSA) is 74.3 Å².